The van der Waals surface area contributed by atoms with Gasteiger partial charge in [-0.2, -0.15) is 0 Å². The summed E-state index contributed by atoms with van der Waals surface area (Å²) in [6.45, 7) is 8.46. The van der Waals surface area contributed by atoms with Gasteiger partial charge in [0.05, 0.1) is 0 Å². The summed E-state index contributed by atoms with van der Waals surface area (Å²) in [6.07, 6.45) is 5.17. The van der Waals surface area contributed by atoms with Crippen molar-refractivity contribution < 1.29 is 4.74 Å². The fourth-order valence-corrected chi connectivity index (χ4v) is 2.61. The first kappa shape index (κ1) is 16.5. The molecule has 0 spiro atoms. The largest absolute Gasteiger partial charge is 0.385 e. The summed E-state index contributed by atoms with van der Waals surface area (Å²) >= 11 is 0. The predicted octanol–water partition coefficient (Wildman–Crippen LogP) is 3.56. The topological polar surface area (TPSA) is 17.4 Å². The third-order valence-corrected chi connectivity index (χ3v) is 3.71. The molecule has 3 nitrogen and oxygen atoms in total. The van der Waals surface area contributed by atoms with Crippen LogP contribution in [-0.2, 0) is 17.8 Å². The third kappa shape index (κ3) is 5.17. The molecule has 0 saturated heterocycles. The van der Waals surface area contributed by atoms with Crippen LogP contribution in [0.1, 0.15) is 17.7 Å². The smallest absolute Gasteiger partial charge is 0.0474 e. The number of ether oxygens (including phenoxy) is 1. The average molecular weight is 298 g/mol. The van der Waals surface area contributed by atoms with E-state index in [0.717, 1.165) is 39.2 Å². The highest BCUT2D eigenvalue weighted by Crippen LogP contribution is 2.11. The highest BCUT2D eigenvalue weighted by atomic mass is 16.5. The number of rotatable bonds is 10. The van der Waals surface area contributed by atoms with Gasteiger partial charge in [-0.05, 0) is 24.1 Å². The lowest BCUT2D eigenvalue weighted by Gasteiger charge is -2.21. The third-order valence-electron chi connectivity index (χ3n) is 3.71. The van der Waals surface area contributed by atoms with Crippen LogP contribution >= 0.6 is 0 Å². The van der Waals surface area contributed by atoms with E-state index >= 15 is 0 Å². The molecule has 2 aromatic rings. The molecule has 0 unspecified atom stereocenters. The summed E-state index contributed by atoms with van der Waals surface area (Å²) in [7, 11) is 1.75. The van der Waals surface area contributed by atoms with E-state index in [4.69, 9.17) is 4.74 Å². The molecule has 0 amide bonds. The van der Waals surface area contributed by atoms with E-state index in [1.54, 1.807) is 7.11 Å². The summed E-state index contributed by atoms with van der Waals surface area (Å²) in [5.74, 6) is 0. The minimum atomic E-state index is 0.804. The zero-order valence-electron chi connectivity index (χ0n) is 13.4. The molecule has 0 aliphatic carbocycles. The molecule has 0 bridgehead atoms. The molecular weight excluding hydrogens is 272 g/mol. The molecule has 1 aromatic heterocycles. The van der Waals surface area contributed by atoms with Crippen molar-refractivity contribution in [3.8, 4) is 0 Å². The Morgan fingerprint density at radius 2 is 2.00 bits per heavy atom. The maximum Gasteiger partial charge on any atom is 0.0474 e. The van der Waals surface area contributed by atoms with Crippen LogP contribution in [0.15, 0.2) is 61.3 Å². The van der Waals surface area contributed by atoms with Gasteiger partial charge in [-0.1, -0.05) is 36.4 Å². The van der Waals surface area contributed by atoms with Crippen LogP contribution in [-0.4, -0.2) is 36.3 Å². The number of benzene rings is 1. The Balaban J connectivity index is 1.99. The molecule has 0 aliphatic heterocycles. The van der Waals surface area contributed by atoms with Crippen LogP contribution in [0.3, 0.4) is 0 Å². The number of methoxy groups -OCH3 is 1. The molecule has 0 aliphatic rings. The van der Waals surface area contributed by atoms with Crippen molar-refractivity contribution in [2.75, 3.05) is 26.8 Å². The SMILES string of the molecule is C=CCN(CCCOC)Cc1cccn1Cc1ccccc1. The second-order valence-electron chi connectivity index (χ2n) is 5.48. The van der Waals surface area contributed by atoms with Crippen molar-refractivity contribution in [2.45, 2.75) is 19.5 Å². The van der Waals surface area contributed by atoms with Gasteiger partial charge in [0.15, 0.2) is 0 Å². The second-order valence-corrected chi connectivity index (χ2v) is 5.48. The Hall–Kier alpha value is -1.84. The summed E-state index contributed by atoms with van der Waals surface area (Å²) in [5.41, 5.74) is 2.66. The van der Waals surface area contributed by atoms with Crippen LogP contribution in [0.2, 0.25) is 0 Å². The minimum Gasteiger partial charge on any atom is -0.385 e. The Labute approximate surface area is 133 Å². The van der Waals surface area contributed by atoms with Gasteiger partial charge in [0.2, 0.25) is 0 Å². The van der Waals surface area contributed by atoms with Gasteiger partial charge in [0.1, 0.15) is 0 Å². The zero-order chi connectivity index (χ0) is 15.6. The van der Waals surface area contributed by atoms with Gasteiger partial charge in [-0.3, -0.25) is 4.90 Å². The fourth-order valence-electron chi connectivity index (χ4n) is 2.61. The first-order chi connectivity index (χ1) is 10.8. The standard InChI is InChI=1S/C19H26N2O/c1-3-12-20(13-8-15-22-2)17-19-11-7-14-21(19)16-18-9-5-4-6-10-18/h3-7,9-11,14H,1,8,12-13,15-17H2,2H3. The van der Waals surface area contributed by atoms with Gasteiger partial charge < -0.3 is 9.30 Å². The fraction of sp³-hybridized carbons (Fsp3) is 0.368. The summed E-state index contributed by atoms with van der Waals surface area (Å²) in [4.78, 5) is 2.41. The van der Waals surface area contributed by atoms with Crippen molar-refractivity contribution in [3.05, 3.63) is 72.6 Å². The lowest BCUT2D eigenvalue weighted by Crippen LogP contribution is -2.26. The van der Waals surface area contributed by atoms with E-state index < -0.39 is 0 Å². The first-order valence-corrected chi connectivity index (χ1v) is 7.83. The second kappa shape index (κ2) is 9.23. The molecule has 1 aromatic carbocycles. The van der Waals surface area contributed by atoms with Gasteiger partial charge in [-0.15, -0.1) is 6.58 Å². The monoisotopic (exact) mass is 298 g/mol. The number of hydrogen-bond acceptors (Lipinski definition) is 2. The molecule has 0 atom stereocenters. The maximum atomic E-state index is 5.15. The van der Waals surface area contributed by atoms with Crippen molar-refractivity contribution in [3.63, 3.8) is 0 Å². The number of nitrogens with zero attached hydrogens (tertiary/aromatic N) is 2. The minimum absolute atomic E-state index is 0.804. The van der Waals surface area contributed by atoms with Gasteiger partial charge in [0.25, 0.3) is 0 Å². The van der Waals surface area contributed by atoms with E-state index in [1.807, 2.05) is 6.08 Å². The zero-order valence-corrected chi connectivity index (χ0v) is 13.4. The number of hydrogen-bond donors (Lipinski definition) is 0. The lowest BCUT2D eigenvalue weighted by molar-refractivity contribution is 0.173. The summed E-state index contributed by atoms with van der Waals surface area (Å²) in [5, 5.41) is 0. The molecule has 1 heterocycles. The van der Waals surface area contributed by atoms with E-state index in [-0.39, 0.29) is 0 Å². The molecule has 0 fully saturated rings. The van der Waals surface area contributed by atoms with Crippen molar-refractivity contribution >= 4 is 0 Å². The predicted molar refractivity (Wildman–Crippen MR) is 91.9 cm³/mol. The van der Waals surface area contributed by atoms with E-state index in [0.29, 0.717) is 0 Å². The molecular formula is C19H26N2O. The van der Waals surface area contributed by atoms with Crippen molar-refractivity contribution in [1.82, 2.24) is 9.47 Å². The molecule has 3 heteroatoms. The first-order valence-electron chi connectivity index (χ1n) is 7.83. The van der Waals surface area contributed by atoms with Crippen molar-refractivity contribution in [2.24, 2.45) is 0 Å². The van der Waals surface area contributed by atoms with Crippen LogP contribution in [0.25, 0.3) is 0 Å². The Morgan fingerprint density at radius 1 is 1.18 bits per heavy atom. The summed E-state index contributed by atoms with van der Waals surface area (Å²) in [6, 6.07) is 14.9. The number of aromatic nitrogens is 1. The van der Waals surface area contributed by atoms with Gasteiger partial charge in [-0.25, -0.2) is 0 Å². The van der Waals surface area contributed by atoms with Gasteiger partial charge >= 0.3 is 0 Å². The average Bonchev–Trinajstić information content (AvgIpc) is 2.96. The van der Waals surface area contributed by atoms with Crippen LogP contribution in [0, 0.1) is 0 Å². The quantitative estimate of drug-likeness (QED) is 0.493. The van der Waals surface area contributed by atoms with Crippen LogP contribution < -0.4 is 0 Å². The molecule has 2 rings (SSSR count). The molecule has 0 saturated carbocycles. The van der Waals surface area contributed by atoms with E-state index in [2.05, 4.69) is 64.7 Å². The highest BCUT2D eigenvalue weighted by molar-refractivity contribution is 5.17. The molecule has 0 N–H and O–H groups in total. The van der Waals surface area contributed by atoms with Gasteiger partial charge in [0, 0.05) is 51.8 Å². The molecule has 118 valence electrons. The Bertz CT molecular complexity index is 548. The Kier molecular flexibility index (Phi) is 6.94. The Morgan fingerprint density at radius 3 is 2.73 bits per heavy atom. The van der Waals surface area contributed by atoms with E-state index in [1.165, 1.54) is 11.3 Å². The van der Waals surface area contributed by atoms with Crippen molar-refractivity contribution in [1.29, 1.82) is 0 Å². The van der Waals surface area contributed by atoms with E-state index in [9.17, 15) is 0 Å². The van der Waals surface area contributed by atoms with Crippen LogP contribution in [0.4, 0.5) is 0 Å². The summed E-state index contributed by atoms with van der Waals surface area (Å²) < 4.78 is 7.47. The molecule has 22 heavy (non-hydrogen) atoms. The highest BCUT2D eigenvalue weighted by Gasteiger charge is 2.08. The normalized spacial score (nSPS) is 11.0. The van der Waals surface area contributed by atoms with Crippen LogP contribution in [0.5, 0.6) is 0 Å². The maximum absolute atomic E-state index is 5.15. The molecule has 0 radical (unpaired) electrons. The lowest BCUT2D eigenvalue weighted by atomic mass is 10.2.